The van der Waals surface area contributed by atoms with E-state index in [1.54, 1.807) is 0 Å². The Bertz CT molecular complexity index is 286. The van der Waals surface area contributed by atoms with Gasteiger partial charge in [0.2, 0.25) is 11.8 Å². The summed E-state index contributed by atoms with van der Waals surface area (Å²) in [5.74, 6) is 0.348. The number of nitrogens with one attached hydrogen (secondary N) is 1. The lowest BCUT2D eigenvalue weighted by Crippen LogP contribution is -2.42. The van der Waals surface area contributed by atoms with Crippen molar-refractivity contribution >= 4 is 24.2 Å². The molecule has 1 saturated heterocycles. The summed E-state index contributed by atoms with van der Waals surface area (Å²) in [6.45, 7) is 5.42. The van der Waals surface area contributed by atoms with Crippen molar-refractivity contribution in [2.24, 2.45) is 11.7 Å². The maximum absolute atomic E-state index is 11.9. The van der Waals surface area contributed by atoms with Gasteiger partial charge >= 0.3 is 0 Å². The highest BCUT2D eigenvalue weighted by Crippen LogP contribution is 2.21. The molecule has 1 fully saturated rings. The van der Waals surface area contributed by atoms with E-state index in [1.165, 1.54) is 0 Å². The van der Waals surface area contributed by atoms with Gasteiger partial charge < -0.3 is 16.0 Å². The number of nitrogens with zero attached hydrogens (tertiary/aromatic N) is 1. The molecule has 2 atom stereocenters. The van der Waals surface area contributed by atoms with Crippen LogP contribution in [-0.2, 0) is 9.59 Å². The molecule has 0 bridgehead atoms. The molecule has 3 N–H and O–H groups in total. The molecule has 0 spiro atoms. The Hall–Kier alpha value is -0.810. The highest BCUT2D eigenvalue weighted by atomic mass is 35.5. The van der Waals surface area contributed by atoms with Crippen LogP contribution in [0.4, 0.5) is 0 Å². The summed E-state index contributed by atoms with van der Waals surface area (Å²) in [6.07, 6.45) is 2.24. The summed E-state index contributed by atoms with van der Waals surface area (Å²) >= 11 is 0. The Morgan fingerprint density at radius 1 is 1.44 bits per heavy atom. The Morgan fingerprint density at radius 3 is 2.61 bits per heavy atom. The predicted octanol–water partition coefficient (Wildman–Crippen LogP) is 0.520. The van der Waals surface area contributed by atoms with E-state index in [0.29, 0.717) is 18.9 Å². The molecule has 1 aliphatic rings. The highest BCUT2D eigenvalue weighted by Gasteiger charge is 2.31. The number of carbonyl (C=O) groups excluding carboxylic acids is 2. The van der Waals surface area contributed by atoms with E-state index in [0.717, 1.165) is 19.4 Å². The third-order valence-corrected chi connectivity index (χ3v) is 3.23. The standard InChI is InChI=1S/C12H23N3O2.ClH/c1-3-4-11(16)14-7-12(17)15-8-10(6-13)5-9(15)2;/h9-10H,3-8,13H2,1-2H3,(H,14,16);1H. The van der Waals surface area contributed by atoms with Crippen LogP contribution in [0.2, 0.25) is 0 Å². The number of hydrogen-bond acceptors (Lipinski definition) is 3. The Balaban J connectivity index is 0.00000289. The highest BCUT2D eigenvalue weighted by molar-refractivity contribution is 5.85. The molecule has 0 aliphatic carbocycles. The zero-order chi connectivity index (χ0) is 12.8. The van der Waals surface area contributed by atoms with Crippen molar-refractivity contribution in [2.45, 2.75) is 39.2 Å². The molecule has 0 aromatic heterocycles. The number of likely N-dealkylation sites (tertiary alicyclic amines) is 1. The normalized spacial score (nSPS) is 22.5. The SMILES string of the molecule is CCCC(=O)NCC(=O)N1CC(CN)CC1C.Cl. The summed E-state index contributed by atoms with van der Waals surface area (Å²) in [5, 5.41) is 2.65. The van der Waals surface area contributed by atoms with E-state index in [9.17, 15) is 9.59 Å². The van der Waals surface area contributed by atoms with Crippen LogP contribution in [0.1, 0.15) is 33.1 Å². The average molecular weight is 278 g/mol. The van der Waals surface area contributed by atoms with Crippen molar-refractivity contribution in [3.8, 4) is 0 Å². The van der Waals surface area contributed by atoms with Gasteiger partial charge in [-0.25, -0.2) is 0 Å². The van der Waals surface area contributed by atoms with Gasteiger partial charge in [0.15, 0.2) is 0 Å². The van der Waals surface area contributed by atoms with E-state index in [4.69, 9.17) is 5.73 Å². The second-order valence-electron chi connectivity index (χ2n) is 4.76. The lowest BCUT2D eigenvalue weighted by molar-refractivity contribution is -0.133. The molecular weight excluding hydrogens is 254 g/mol. The van der Waals surface area contributed by atoms with Gasteiger partial charge in [0.1, 0.15) is 0 Å². The maximum atomic E-state index is 11.9. The van der Waals surface area contributed by atoms with Crippen LogP contribution in [0.25, 0.3) is 0 Å². The molecule has 18 heavy (non-hydrogen) atoms. The molecule has 6 heteroatoms. The first-order chi connectivity index (χ1) is 8.08. The topological polar surface area (TPSA) is 75.4 Å². The molecule has 0 saturated carbocycles. The molecular formula is C12H24ClN3O2. The molecule has 0 aromatic carbocycles. The van der Waals surface area contributed by atoms with E-state index in [1.807, 2.05) is 18.7 Å². The second-order valence-corrected chi connectivity index (χ2v) is 4.76. The predicted molar refractivity (Wildman–Crippen MR) is 73.5 cm³/mol. The second kappa shape index (κ2) is 8.32. The number of halogens is 1. The van der Waals surface area contributed by atoms with Crippen molar-refractivity contribution in [3.63, 3.8) is 0 Å². The van der Waals surface area contributed by atoms with Crippen LogP contribution in [0.15, 0.2) is 0 Å². The Morgan fingerprint density at radius 2 is 2.11 bits per heavy atom. The van der Waals surface area contributed by atoms with Gasteiger partial charge in [0, 0.05) is 19.0 Å². The van der Waals surface area contributed by atoms with Crippen LogP contribution < -0.4 is 11.1 Å². The van der Waals surface area contributed by atoms with Crippen LogP contribution in [-0.4, -0.2) is 42.4 Å². The monoisotopic (exact) mass is 277 g/mol. The third kappa shape index (κ3) is 4.82. The zero-order valence-corrected chi connectivity index (χ0v) is 12.0. The molecule has 1 rings (SSSR count). The van der Waals surface area contributed by atoms with Crippen molar-refractivity contribution in [1.29, 1.82) is 0 Å². The van der Waals surface area contributed by atoms with E-state index in [-0.39, 0.29) is 36.8 Å². The smallest absolute Gasteiger partial charge is 0.242 e. The van der Waals surface area contributed by atoms with E-state index < -0.39 is 0 Å². The van der Waals surface area contributed by atoms with Gasteiger partial charge in [-0.3, -0.25) is 9.59 Å². The van der Waals surface area contributed by atoms with Gasteiger partial charge in [-0.05, 0) is 32.2 Å². The van der Waals surface area contributed by atoms with Crippen LogP contribution in [0.5, 0.6) is 0 Å². The Labute approximate surface area is 115 Å². The molecule has 1 aliphatic heterocycles. The van der Waals surface area contributed by atoms with E-state index in [2.05, 4.69) is 5.32 Å². The molecule has 1 heterocycles. The van der Waals surface area contributed by atoms with Crippen LogP contribution in [0, 0.1) is 5.92 Å². The van der Waals surface area contributed by atoms with Crippen molar-refractivity contribution in [2.75, 3.05) is 19.6 Å². The first kappa shape index (κ1) is 17.2. The number of rotatable bonds is 5. The fourth-order valence-corrected chi connectivity index (χ4v) is 2.25. The van der Waals surface area contributed by atoms with Crippen molar-refractivity contribution in [1.82, 2.24) is 10.2 Å². The minimum Gasteiger partial charge on any atom is -0.347 e. The minimum absolute atomic E-state index is 0. The van der Waals surface area contributed by atoms with Gasteiger partial charge in [-0.2, -0.15) is 0 Å². The summed E-state index contributed by atoms with van der Waals surface area (Å²) in [7, 11) is 0. The van der Waals surface area contributed by atoms with Crippen LogP contribution >= 0.6 is 12.4 Å². The Kier molecular flexibility index (Phi) is 7.95. The van der Waals surface area contributed by atoms with Gasteiger partial charge in [0.25, 0.3) is 0 Å². The lowest BCUT2D eigenvalue weighted by atomic mass is 10.1. The molecule has 2 unspecified atom stereocenters. The van der Waals surface area contributed by atoms with Gasteiger partial charge in [0.05, 0.1) is 6.54 Å². The average Bonchev–Trinajstić information content (AvgIpc) is 2.68. The summed E-state index contributed by atoms with van der Waals surface area (Å²) in [4.78, 5) is 25.0. The van der Waals surface area contributed by atoms with E-state index >= 15 is 0 Å². The first-order valence-electron chi connectivity index (χ1n) is 6.34. The largest absolute Gasteiger partial charge is 0.347 e. The molecule has 0 aromatic rings. The summed E-state index contributed by atoms with van der Waals surface area (Å²) < 4.78 is 0. The number of hydrogen-bond donors (Lipinski definition) is 2. The number of nitrogens with two attached hydrogens (primary N) is 1. The third-order valence-electron chi connectivity index (χ3n) is 3.23. The maximum Gasteiger partial charge on any atom is 0.242 e. The number of carbonyl (C=O) groups is 2. The summed E-state index contributed by atoms with van der Waals surface area (Å²) in [6, 6.07) is 0.235. The van der Waals surface area contributed by atoms with Gasteiger partial charge in [-0.15, -0.1) is 12.4 Å². The molecule has 0 radical (unpaired) electrons. The number of amides is 2. The van der Waals surface area contributed by atoms with Crippen LogP contribution in [0.3, 0.4) is 0 Å². The van der Waals surface area contributed by atoms with Crippen molar-refractivity contribution in [3.05, 3.63) is 0 Å². The zero-order valence-electron chi connectivity index (χ0n) is 11.1. The summed E-state index contributed by atoms with van der Waals surface area (Å²) in [5.41, 5.74) is 5.61. The quantitative estimate of drug-likeness (QED) is 0.769. The fraction of sp³-hybridized carbons (Fsp3) is 0.833. The fourth-order valence-electron chi connectivity index (χ4n) is 2.25. The molecule has 5 nitrogen and oxygen atoms in total. The minimum atomic E-state index is -0.0527. The molecule has 2 amide bonds. The van der Waals surface area contributed by atoms with Gasteiger partial charge in [-0.1, -0.05) is 6.92 Å². The lowest BCUT2D eigenvalue weighted by Gasteiger charge is -2.21. The first-order valence-corrected chi connectivity index (χ1v) is 6.34. The molecule has 106 valence electrons. The van der Waals surface area contributed by atoms with Crippen molar-refractivity contribution < 1.29 is 9.59 Å².